The highest BCUT2D eigenvalue weighted by Crippen LogP contribution is 2.31. The third kappa shape index (κ3) is 12.0. The predicted octanol–water partition coefficient (Wildman–Crippen LogP) is 6.68. The third-order valence-corrected chi connectivity index (χ3v) is 5.03. The molecule has 0 aliphatic carbocycles. The van der Waals surface area contributed by atoms with Gasteiger partial charge in [-0.3, -0.25) is 0 Å². The zero-order valence-electron chi connectivity index (χ0n) is 18.7. The molecular weight excluding hydrogens is 384 g/mol. The second-order valence-electron chi connectivity index (χ2n) is 7.67. The number of rotatable bonds is 18. The standard InChI is InChI=1S/C24H40O6/c1-3-5-7-9-11-18-28-22(29-19-12-10-8-6-4-2)17-16-20-14-13-15-21(23(20)25)30-24(26)27/h13-15,22,25H,3-12,16-19H2,1-2H3,(H,26,27). The van der Waals surface area contributed by atoms with Crippen LogP contribution in [0.5, 0.6) is 11.5 Å². The zero-order valence-corrected chi connectivity index (χ0v) is 18.7. The van der Waals surface area contributed by atoms with Gasteiger partial charge in [-0.15, -0.1) is 0 Å². The summed E-state index contributed by atoms with van der Waals surface area (Å²) >= 11 is 0. The number of ether oxygens (including phenoxy) is 3. The molecule has 0 spiro atoms. The van der Waals surface area contributed by atoms with Crippen LogP contribution in [-0.4, -0.2) is 35.9 Å². The molecule has 0 fully saturated rings. The van der Waals surface area contributed by atoms with Gasteiger partial charge in [0.25, 0.3) is 0 Å². The van der Waals surface area contributed by atoms with E-state index in [0.29, 0.717) is 31.6 Å². The van der Waals surface area contributed by atoms with Crippen molar-refractivity contribution in [2.45, 2.75) is 97.2 Å². The summed E-state index contributed by atoms with van der Waals surface area (Å²) in [5.41, 5.74) is 0.622. The van der Waals surface area contributed by atoms with Crippen LogP contribution in [0.15, 0.2) is 18.2 Å². The van der Waals surface area contributed by atoms with Crippen molar-refractivity contribution >= 4 is 6.16 Å². The van der Waals surface area contributed by atoms with Gasteiger partial charge in [-0.2, -0.15) is 0 Å². The van der Waals surface area contributed by atoms with E-state index < -0.39 is 6.16 Å². The molecule has 6 heteroatoms. The molecule has 6 nitrogen and oxygen atoms in total. The largest absolute Gasteiger partial charge is 0.511 e. The minimum Gasteiger partial charge on any atom is -0.504 e. The average Bonchev–Trinajstić information content (AvgIpc) is 2.72. The fraction of sp³-hybridized carbons (Fsp3) is 0.708. The summed E-state index contributed by atoms with van der Waals surface area (Å²) in [6, 6.07) is 4.87. The maximum absolute atomic E-state index is 10.7. The Kier molecular flexibility index (Phi) is 14.8. The number of unbranched alkanes of at least 4 members (excludes halogenated alkanes) is 8. The first-order valence-corrected chi connectivity index (χ1v) is 11.5. The van der Waals surface area contributed by atoms with Crippen LogP contribution in [0, 0.1) is 0 Å². The quantitative estimate of drug-likeness (QED) is 0.118. The van der Waals surface area contributed by atoms with Gasteiger partial charge in [0.15, 0.2) is 17.8 Å². The molecule has 0 amide bonds. The van der Waals surface area contributed by atoms with Crippen LogP contribution in [0.3, 0.4) is 0 Å². The molecule has 0 heterocycles. The van der Waals surface area contributed by atoms with E-state index in [1.165, 1.54) is 44.6 Å². The van der Waals surface area contributed by atoms with E-state index in [-0.39, 0.29) is 17.8 Å². The van der Waals surface area contributed by atoms with Gasteiger partial charge in [0, 0.05) is 19.6 Å². The number of phenols is 1. The Labute approximate surface area is 181 Å². The Bertz CT molecular complexity index is 559. The third-order valence-electron chi connectivity index (χ3n) is 5.03. The topological polar surface area (TPSA) is 85.2 Å². The molecule has 1 aromatic carbocycles. The minimum atomic E-state index is -1.45. The number of aromatic hydroxyl groups is 1. The minimum absolute atomic E-state index is 0.0507. The number of carbonyl (C=O) groups is 1. The molecular formula is C24H40O6. The molecule has 0 aromatic heterocycles. The summed E-state index contributed by atoms with van der Waals surface area (Å²) in [7, 11) is 0. The SMILES string of the molecule is CCCCCCCOC(CCc1cccc(OC(=O)O)c1O)OCCCCCCC. The first-order valence-electron chi connectivity index (χ1n) is 11.5. The molecule has 0 unspecified atom stereocenters. The predicted molar refractivity (Wildman–Crippen MR) is 118 cm³/mol. The number of phenolic OH excluding ortho intramolecular Hbond substituents is 1. The normalized spacial score (nSPS) is 11.2. The van der Waals surface area contributed by atoms with Gasteiger partial charge in [0.05, 0.1) is 0 Å². The molecule has 1 rings (SSSR count). The molecule has 1 aromatic rings. The highest BCUT2D eigenvalue weighted by Gasteiger charge is 2.15. The smallest absolute Gasteiger partial charge is 0.504 e. The summed E-state index contributed by atoms with van der Waals surface area (Å²) < 4.78 is 16.6. The van der Waals surface area contributed by atoms with Crippen LogP contribution in [0.2, 0.25) is 0 Å². The van der Waals surface area contributed by atoms with Crippen molar-refractivity contribution < 1.29 is 29.2 Å². The summed E-state index contributed by atoms with van der Waals surface area (Å²) in [5, 5.41) is 19.0. The van der Waals surface area contributed by atoms with E-state index in [2.05, 4.69) is 18.6 Å². The Morgan fingerprint density at radius 2 is 1.47 bits per heavy atom. The van der Waals surface area contributed by atoms with E-state index in [0.717, 1.165) is 25.7 Å². The molecule has 0 atom stereocenters. The first-order chi connectivity index (χ1) is 14.6. The Morgan fingerprint density at radius 1 is 0.900 bits per heavy atom. The van der Waals surface area contributed by atoms with Gasteiger partial charge >= 0.3 is 6.16 Å². The lowest BCUT2D eigenvalue weighted by molar-refractivity contribution is -0.147. The van der Waals surface area contributed by atoms with Crippen LogP contribution in [0.25, 0.3) is 0 Å². The van der Waals surface area contributed by atoms with Crippen LogP contribution < -0.4 is 4.74 Å². The molecule has 0 saturated carbocycles. The molecule has 0 bridgehead atoms. The maximum Gasteiger partial charge on any atom is 0.511 e. The van der Waals surface area contributed by atoms with Crippen molar-refractivity contribution in [3.63, 3.8) is 0 Å². The van der Waals surface area contributed by atoms with Gasteiger partial charge in [-0.05, 0) is 30.9 Å². The fourth-order valence-electron chi connectivity index (χ4n) is 3.27. The van der Waals surface area contributed by atoms with Crippen LogP contribution in [0.1, 0.15) is 90.0 Å². The van der Waals surface area contributed by atoms with Crippen molar-refractivity contribution in [1.29, 1.82) is 0 Å². The number of hydrogen-bond donors (Lipinski definition) is 2. The van der Waals surface area contributed by atoms with Crippen molar-refractivity contribution in [2.75, 3.05) is 13.2 Å². The van der Waals surface area contributed by atoms with Gasteiger partial charge in [-0.25, -0.2) is 4.79 Å². The Morgan fingerprint density at radius 3 is 2.00 bits per heavy atom. The first kappa shape index (κ1) is 26.2. The number of para-hydroxylation sites is 1. The molecule has 30 heavy (non-hydrogen) atoms. The van der Waals surface area contributed by atoms with Gasteiger partial charge in [0.1, 0.15) is 0 Å². The summed E-state index contributed by atoms with van der Waals surface area (Å²) in [4.78, 5) is 10.7. The van der Waals surface area contributed by atoms with E-state index in [1.807, 2.05) is 0 Å². The summed E-state index contributed by atoms with van der Waals surface area (Å²) in [6.45, 7) is 5.73. The number of hydrogen-bond acceptors (Lipinski definition) is 5. The monoisotopic (exact) mass is 424 g/mol. The number of benzene rings is 1. The van der Waals surface area contributed by atoms with Crippen molar-refractivity contribution in [2.24, 2.45) is 0 Å². The molecule has 2 N–H and O–H groups in total. The number of carboxylic acid groups (broad SMARTS) is 1. The second-order valence-corrected chi connectivity index (χ2v) is 7.67. The van der Waals surface area contributed by atoms with Crippen LogP contribution in [-0.2, 0) is 15.9 Å². The lowest BCUT2D eigenvalue weighted by Gasteiger charge is -2.19. The zero-order chi connectivity index (χ0) is 22.0. The molecule has 0 radical (unpaired) electrons. The molecule has 0 aliphatic heterocycles. The van der Waals surface area contributed by atoms with Crippen molar-refractivity contribution in [1.82, 2.24) is 0 Å². The van der Waals surface area contributed by atoms with E-state index in [1.54, 1.807) is 12.1 Å². The lowest BCUT2D eigenvalue weighted by Crippen LogP contribution is -2.20. The Balaban J connectivity index is 2.51. The summed E-state index contributed by atoms with van der Waals surface area (Å²) in [6.07, 6.45) is 11.1. The van der Waals surface area contributed by atoms with Gasteiger partial charge in [-0.1, -0.05) is 77.3 Å². The van der Waals surface area contributed by atoms with Gasteiger partial charge in [0.2, 0.25) is 0 Å². The summed E-state index contributed by atoms with van der Waals surface area (Å²) in [5.74, 6) is -0.192. The van der Waals surface area contributed by atoms with E-state index in [9.17, 15) is 9.90 Å². The highest BCUT2D eigenvalue weighted by atomic mass is 16.7. The second kappa shape index (κ2) is 16.9. The van der Waals surface area contributed by atoms with Crippen molar-refractivity contribution in [3.05, 3.63) is 23.8 Å². The molecule has 172 valence electrons. The molecule has 0 aliphatic rings. The maximum atomic E-state index is 10.7. The molecule has 0 saturated heterocycles. The van der Waals surface area contributed by atoms with Crippen LogP contribution >= 0.6 is 0 Å². The number of aryl methyl sites for hydroxylation is 1. The van der Waals surface area contributed by atoms with E-state index >= 15 is 0 Å². The van der Waals surface area contributed by atoms with Gasteiger partial charge < -0.3 is 24.4 Å². The Hall–Kier alpha value is -1.79. The van der Waals surface area contributed by atoms with Crippen LogP contribution in [0.4, 0.5) is 4.79 Å². The fourth-order valence-corrected chi connectivity index (χ4v) is 3.27. The lowest BCUT2D eigenvalue weighted by atomic mass is 10.1. The highest BCUT2D eigenvalue weighted by molar-refractivity contribution is 5.63. The van der Waals surface area contributed by atoms with E-state index in [4.69, 9.17) is 14.6 Å². The van der Waals surface area contributed by atoms with Crippen molar-refractivity contribution in [3.8, 4) is 11.5 Å². The average molecular weight is 425 g/mol.